The Balaban J connectivity index is 2.41. The van der Waals surface area contributed by atoms with Gasteiger partial charge in [-0.3, -0.25) is 0 Å². The summed E-state index contributed by atoms with van der Waals surface area (Å²) in [5.41, 5.74) is 1.45. The molecule has 0 N–H and O–H groups in total. The van der Waals surface area contributed by atoms with Crippen LogP contribution in [0.5, 0.6) is 0 Å². The predicted octanol–water partition coefficient (Wildman–Crippen LogP) is 4.43. The zero-order chi connectivity index (χ0) is 9.68. The molecule has 0 bridgehead atoms. The third kappa shape index (κ3) is 3.95. The van der Waals surface area contributed by atoms with Crippen molar-refractivity contribution in [2.75, 3.05) is 0 Å². The first-order chi connectivity index (χ1) is 6.22. The second-order valence-corrected chi connectivity index (χ2v) is 4.59. The van der Waals surface area contributed by atoms with Crippen molar-refractivity contribution in [1.82, 2.24) is 0 Å². The molecule has 0 nitrogen and oxygen atoms in total. The second-order valence-electron chi connectivity index (χ2n) is 3.68. The normalized spacial score (nSPS) is 12.8. The van der Waals surface area contributed by atoms with Gasteiger partial charge in [0.1, 0.15) is 0 Å². The van der Waals surface area contributed by atoms with E-state index in [-0.39, 0.29) is 0 Å². The van der Waals surface area contributed by atoms with Gasteiger partial charge < -0.3 is 0 Å². The summed E-state index contributed by atoms with van der Waals surface area (Å²) in [7, 11) is 0. The Bertz CT molecular complexity index is 238. The molecule has 0 aliphatic carbocycles. The van der Waals surface area contributed by atoms with Crippen LogP contribution in [0.3, 0.4) is 0 Å². The molecule has 0 radical (unpaired) electrons. The average molecular weight is 241 g/mol. The van der Waals surface area contributed by atoms with Crippen LogP contribution in [0.4, 0.5) is 0 Å². The number of aryl methyl sites for hydroxylation is 1. The fraction of sp³-hybridized carbons (Fsp3) is 0.500. The van der Waals surface area contributed by atoms with E-state index in [9.17, 15) is 0 Å². The zero-order valence-electron chi connectivity index (χ0n) is 8.39. The van der Waals surface area contributed by atoms with E-state index in [0.29, 0.717) is 0 Å². The second kappa shape index (κ2) is 5.43. The van der Waals surface area contributed by atoms with Crippen molar-refractivity contribution in [3.05, 3.63) is 34.3 Å². The molecule has 1 atom stereocenters. The summed E-state index contributed by atoms with van der Waals surface area (Å²) < 4.78 is 1.17. The lowest BCUT2D eigenvalue weighted by Gasteiger charge is -2.07. The van der Waals surface area contributed by atoms with Gasteiger partial charge in [0.15, 0.2) is 0 Å². The minimum absolute atomic E-state index is 0.851. The molecule has 0 heterocycles. The van der Waals surface area contributed by atoms with Gasteiger partial charge in [0, 0.05) is 4.47 Å². The summed E-state index contributed by atoms with van der Waals surface area (Å²) in [5, 5.41) is 0. The standard InChI is InChI=1S/C12H17Br/c1-3-10(2)4-5-11-6-8-12(13)9-7-11/h6-10H,3-5H2,1-2H3/t10-/m1/s1. The molecule has 0 fully saturated rings. The van der Waals surface area contributed by atoms with E-state index in [1.54, 1.807) is 0 Å². The Kier molecular flexibility index (Phi) is 4.51. The molecule has 0 unspecified atom stereocenters. The molecule has 0 aliphatic heterocycles. The van der Waals surface area contributed by atoms with Crippen LogP contribution in [-0.2, 0) is 6.42 Å². The summed E-state index contributed by atoms with van der Waals surface area (Å²) in [5.74, 6) is 0.851. The number of hydrogen-bond donors (Lipinski definition) is 0. The smallest absolute Gasteiger partial charge is 0.0175 e. The van der Waals surface area contributed by atoms with Crippen molar-refractivity contribution in [1.29, 1.82) is 0 Å². The highest BCUT2D eigenvalue weighted by atomic mass is 79.9. The lowest BCUT2D eigenvalue weighted by molar-refractivity contribution is 0.516. The monoisotopic (exact) mass is 240 g/mol. The summed E-state index contributed by atoms with van der Waals surface area (Å²) in [4.78, 5) is 0. The lowest BCUT2D eigenvalue weighted by atomic mass is 9.99. The summed E-state index contributed by atoms with van der Waals surface area (Å²) >= 11 is 3.44. The maximum Gasteiger partial charge on any atom is 0.0175 e. The molecule has 1 aromatic carbocycles. The number of halogens is 1. The molecule has 0 aliphatic rings. The highest BCUT2D eigenvalue weighted by Gasteiger charge is 1.99. The van der Waals surface area contributed by atoms with E-state index in [4.69, 9.17) is 0 Å². The molecule has 13 heavy (non-hydrogen) atoms. The summed E-state index contributed by atoms with van der Waals surface area (Å²) in [6.07, 6.45) is 3.80. The third-order valence-electron chi connectivity index (χ3n) is 2.54. The fourth-order valence-corrected chi connectivity index (χ4v) is 1.53. The molecule has 72 valence electrons. The number of rotatable bonds is 4. The first kappa shape index (κ1) is 10.8. The van der Waals surface area contributed by atoms with E-state index in [1.807, 2.05) is 0 Å². The van der Waals surface area contributed by atoms with E-state index >= 15 is 0 Å². The van der Waals surface area contributed by atoms with Crippen LogP contribution in [-0.4, -0.2) is 0 Å². The van der Waals surface area contributed by atoms with Crippen molar-refractivity contribution in [3.8, 4) is 0 Å². The van der Waals surface area contributed by atoms with Crippen molar-refractivity contribution < 1.29 is 0 Å². The van der Waals surface area contributed by atoms with Gasteiger partial charge in [0.05, 0.1) is 0 Å². The Labute approximate surface area is 89.5 Å². The Morgan fingerprint density at radius 1 is 1.23 bits per heavy atom. The summed E-state index contributed by atoms with van der Waals surface area (Å²) in [6.45, 7) is 4.57. The largest absolute Gasteiger partial charge is 0.0651 e. The first-order valence-electron chi connectivity index (χ1n) is 4.96. The molecular weight excluding hydrogens is 224 g/mol. The third-order valence-corrected chi connectivity index (χ3v) is 3.06. The lowest BCUT2D eigenvalue weighted by Crippen LogP contribution is -1.95. The maximum atomic E-state index is 3.44. The van der Waals surface area contributed by atoms with Crippen LogP contribution in [0.1, 0.15) is 32.3 Å². The van der Waals surface area contributed by atoms with Gasteiger partial charge in [-0.2, -0.15) is 0 Å². The van der Waals surface area contributed by atoms with E-state index in [0.717, 1.165) is 5.92 Å². The molecule has 0 saturated carbocycles. The van der Waals surface area contributed by atoms with E-state index in [1.165, 1.54) is 29.3 Å². The number of hydrogen-bond acceptors (Lipinski definition) is 0. The molecule has 0 aromatic heterocycles. The van der Waals surface area contributed by atoms with Crippen LogP contribution < -0.4 is 0 Å². The quantitative estimate of drug-likeness (QED) is 0.731. The Morgan fingerprint density at radius 3 is 2.38 bits per heavy atom. The van der Waals surface area contributed by atoms with Crippen molar-refractivity contribution in [3.63, 3.8) is 0 Å². The minimum atomic E-state index is 0.851. The highest BCUT2D eigenvalue weighted by molar-refractivity contribution is 9.10. The first-order valence-corrected chi connectivity index (χ1v) is 5.76. The van der Waals surface area contributed by atoms with Gasteiger partial charge >= 0.3 is 0 Å². The topological polar surface area (TPSA) is 0 Å². The van der Waals surface area contributed by atoms with E-state index < -0.39 is 0 Å². The fourth-order valence-electron chi connectivity index (χ4n) is 1.27. The molecular formula is C12H17Br. The van der Waals surface area contributed by atoms with Crippen molar-refractivity contribution in [2.24, 2.45) is 5.92 Å². The molecule has 1 heteroatoms. The van der Waals surface area contributed by atoms with Gasteiger partial charge in [-0.1, -0.05) is 48.3 Å². The Hall–Kier alpha value is -0.300. The Morgan fingerprint density at radius 2 is 1.85 bits per heavy atom. The molecule has 1 rings (SSSR count). The maximum absolute atomic E-state index is 3.44. The van der Waals surface area contributed by atoms with Crippen LogP contribution >= 0.6 is 15.9 Å². The average Bonchev–Trinajstić information content (AvgIpc) is 2.16. The minimum Gasteiger partial charge on any atom is -0.0651 e. The van der Waals surface area contributed by atoms with Gasteiger partial charge in [-0.25, -0.2) is 0 Å². The molecule has 0 saturated heterocycles. The van der Waals surface area contributed by atoms with Crippen LogP contribution in [0.15, 0.2) is 28.7 Å². The zero-order valence-corrected chi connectivity index (χ0v) is 9.97. The van der Waals surface area contributed by atoms with Gasteiger partial charge in [-0.05, 0) is 36.5 Å². The molecule has 1 aromatic rings. The van der Waals surface area contributed by atoms with Crippen LogP contribution in [0, 0.1) is 5.92 Å². The highest BCUT2D eigenvalue weighted by Crippen LogP contribution is 2.15. The van der Waals surface area contributed by atoms with Crippen LogP contribution in [0.2, 0.25) is 0 Å². The van der Waals surface area contributed by atoms with Gasteiger partial charge in [0.25, 0.3) is 0 Å². The van der Waals surface area contributed by atoms with Gasteiger partial charge in [0.2, 0.25) is 0 Å². The van der Waals surface area contributed by atoms with Crippen LogP contribution in [0.25, 0.3) is 0 Å². The van der Waals surface area contributed by atoms with Crippen molar-refractivity contribution >= 4 is 15.9 Å². The predicted molar refractivity (Wildman–Crippen MR) is 61.9 cm³/mol. The number of benzene rings is 1. The van der Waals surface area contributed by atoms with Gasteiger partial charge in [-0.15, -0.1) is 0 Å². The molecule has 0 amide bonds. The molecule has 0 spiro atoms. The SMILES string of the molecule is CC[C@@H](C)CCc1ccc(Br)cc1. The van der Waals surface area contributed by atoms with Crippen molar-refractivity contribution in [2.45, 2.75) is 33.1 Å². The van der Waals surface area contributed by atoms with E-state index in [2.05, 4.69) is 54.0 Å². The summed E-state index contributed by atoms with van der Waals surface area (Å²) in [6, 6.07) is 8.64.